The molecular formula is C10H13FN2O13P2. The minimum atomic E-state index is -5.60. The third-order valence-electron chi connectivity index (χ3n) is 3.24. The van der Waals surface area contributed by atoms with Crippen LogP contribution >= 0.6 is 15.6 Å². The van der Waals surface area contributed by atoms with Gasteiger partial charge in [-0.15, -0.1) is 0 Å². The molecule has 2 rings (SSSR count). The molecular weight excluding hydrogens is 437 g/mol. The second kappa shape index (κ2) is 7.68. The minimum absolute atomic E-state index is 0.0386. The molecule has 1 aromatic heterocycles. The maximum Gasteiger partial charge on any atom is 0.481 e. The number of phosphoric acid groups is 2. The predicted octanol–water partition coefficient (Wildman–Crippen LogP) is -2.51. The molecule has 2 heterocycles. The van der Waals surface area contributed by atoms with E-state index in [9.17, 15) is 38.1 Å². The molecule has 1 fully saturated rings. The lowest BCUT2D eigenvalue weighted by atomic mass is 10.1. The Morgan fingerprint density at radius 3 is 2.54 bits per heavy atom. The zero-order chi connectivity index (χ0) is 22.4. The van der Waals surface area contributed by atoms with Crippen LogP contribution in [0.2, 0.25) is 0 Å². The van der Waals surface area contributed by atoms with Crippen LogP contribution in [0.3, 0.4) is 0 Å². The predicted molar refractivity (Wildman–Crippen MR) is 81.6 cm³/mol. The number of carbonyl (C=O) groups is 1. The van der Waals surface area contributed by atoms with Gasteiger partial charge in [0, 0.05) is 6.20 Å². The normalized spacial score (nSPS) is 33.3. The third-order valence-corrected chi connectivity index (χ3v) is 5.37. The van der Waals surface area contributed by atoms with Gasteiger partial charge in [-0.2, -0.15) is 4.31 Å². The van der Waals surface area contributed by atoms with Crippen LogP contribution in [-0.2, 0) is 22.7 Å². The van der Waals surface area contributed by atoms with E-state index in [-0.39, 0.29) is 10.9 Å². The summed E-state index contributed by atoms with van der Waals surface area (Å²) in [5.74, 6) is -3.69. The molecule has 1 aliphatic rings. The van der Waals surface area contributed by atoms with Crippen LogP contribution < -0.4 is 11.2 Å². The van der Waals surface area contributed by atoms with Crippen LogP contribution in [0.25, 0.3) is 0 Å². The number of ether oxygens (including phenoxy) is 1. The van der Waals surface area contributed by atoms with Crippen molar-refractivity contribution in [2.24, 2.45) is 0 Å². The van der Waals surface area contributed by atoms with E-state index in [1.165, 1.54) is 0 Å². The number of nitrogens with one attached hydrogen (secondary N) is 1. The quantitative estimate of drug-likeness (QED) is 0.186. The SMILES string of the molecule is [2H][C@@]1(n2cc(C=O)c(=O)[nH]c2=O)O[C@](F)(COP(=O)(O)OP(=O)(O)O)[C@@H](O)[C@H]1O. The molecule has 158 valence electrons. The molecule has 1 saturated heterocycles. The average Bonchev–Trinajstić information content (AvgIpc) is 2.73. The van der Waals surface area contributed by atoms with E-state index in [0.29, 0.717) is 6.20 Å². The van der Waals surface area contributed by atoms with Gasteiger partial charge in [0.25, 0.3) is 11.4 Å². The Bertz CT molecular complexity index is 1020. The lowest BCUT2D eigenvalue weighted by molar-refractivity contribution is -0.204. The number of aromatic amines is 1. The molecule has 0 radical (unpaired) electrons. The number of hydrogen-bond acceptors (Lipinski definition) is 10. The average molecular weight is 451 g/mol. The van der Waals surface area contributed by atoms with Crippen LogP contribution in [0.15, 0.2) is 15.8 Å². The maximum atomic E-state index is 14.9. The van der Waals surface area contributed by atoms with Crippen molar-refractivity contribution in [3.63, 3.8) is 0 Å². The van der Waals surface area contributed by atoms with Crippen LogP contribution in [-0.4, -0.2) is 65.4 Å². The van der Waals surface area contributed by atoms with Gasteiger partial charge in [0.05, 0.1) is 6.93 Å². The Kier molecular flexibility index (Phi) is 5.80. The molecule has 0 bridgehead atoms. The molecule has 1 aliphatic heterocycles. The second-order valence-electron chi connectivity index (χ2n) is 5.26. The summed E-state index contributed by atoms with van der Waals surface area (Å²) in [5.41, 5.74) is -3.36. The molecule has 1 aromatic rings. The number of rotatable bonds is 7. The Hall–Kier alpha value is -1.58. The summed E-state index contributed by atoms with van der Waals surface area (Å²) in [7, 11) is -11.2. The highest BCUT2D eigenvalue weighted by molar-refractivity contribution is 7.60. The van der Waals surface area contributed by atoms with Crippen LogP contribution in [0.4, 0.5) is 4.39 Å². The first kappa shape index (κ1) is 21.1. The van der Waals surface area contributed by atoms with E-state index in [1.807, 2.05) is 0 Å². The van der Waals surface area contributed by atoms with Crippen LogP contribution in [0, 0.1) is 0 Å². The third kappa shape index (κ3) is 4.87. The first-order chi connectivity index (χ1) is 13.0. The summed E-state index contributed by atoms with van der Waals surface area (Å²) in [6, 6.07) is 0. The summed E-state index contributed by atoms with van der Waals surface area (Å²) in [4.78, 5) is 61.8. The van der Waals surface area contributed by atoms with E-state index in [0.717, 1.165) is 0 Å². The molecule has 5 atom stereocenters. The molecule has 15 nitrogen and oxygen atoms in total. The molecule has 0 aromatic carbocycles. The zero-order valence-corrected chi connectivity index (χ0v) is 15.0. The fraction of sp³-hybridized carbons (Fsp3) is 0.500. The molecule has 28 heavy (non-hydrogen) atoms. The molecule has 18 heteroatoms. The number of H-pyrrole nitrogens is 1. The van der Waals surface area contributed by atoms with E-state index >= 15 is 0 Å². The van der Waals surface area contributed by atoms with Crippen molar-refractivity contribution >= 4 is 21.9 Å². The van der Waals surface area contributed by atoms with Crippen molar-refractivity contribution < 1.29 is 58.2 Å². The van der Waals surface area contributed by atoms with E-state index in [1.54, 1.807) is 4.98 Å². The minimum Gasteiger partial charge on any atom is -0.385 e. The summed E-state index contributed by atoms with van der Waals surface area (Å²) < 4.78 is 56.8. The van der Waals surface area contributed by atoms with E-state index < -0.39 is 63.3 Å². The Morgan fingerprint density at radius 1 is 1.39 bits per heavy atom. The molecule has 6 N–H and O–H groups in total. The number of carbonyl (C=O) groups excluding carboxylic acids is 1. The number of aliphatic hydroxyl groups excluding tert-OH is 2. The van der Waals surface area contributed by atoms with Gasteiger partial charge in [-0.1, -0.05) is 0 Å². The topological polar surface area (TPSA) is 235 Å². The summed E-state index contributed by atoms with van der Waals surface area (Å²) in [6.07, 6.45) is -8.12. The van der Waals surface area contributed by atoms with Gasteiger partial charge in [-0.05, 0) is 0 Å². The number of aldehydes is 1. The number of phosphoric ester groups is 1. The van der Waals surface area contributed by atoms with Gasteiger partial charge in [-0.25, -0.2) is 18.3 Å². The Morgan fingerprint density at radius 2 is 2.00 bits per heavy atom. The number of aliphatic hydroxyl groups is 2. The van der Waals surface area contributed by atoms with Crippen molar-refractivity contribution in [3.05, 3.63) is 32.6 Å². The summed E-state index contributed by atoms with van der Waals surface area (Å²) >= 11 is 0. The highest BCUT2D eigenvalue weighted by Gasteiger charge is 2.57. The fourth-order valence-electron chi connectivity index (χ4n) is 2.03. The lowest BCUT2D eigenvalue weighted by Crippen LogP contribution is -2.43. The standard InChI is InChI=1S/C10H13FN2O13P2/c11-10(3-24-28(22,23)26-27(19,20)21)6(16)5(15)8(25-10)13-1-4(2-14)7(17)12-9(13)18/h1-2,5-6,8,15-16H,3H2,(H,22,23)(H,12,17,18)(H2,19,20,21)/t5-,6+,8-,10-/m1/s1/i8D. The Balaban J connectivity index is 2.37. The largest absolute Gasteiger partial charge is 0.481 e. The first-order valence-electron chi connectivity index (χ1n) is 7.36. The van der Waals surface area contributed by atoms with Crippen LogP contribution in [0.5, 0.6) is 0 Å². The zero-order valence-electron chi connectivity index (χ0n) is 14.2. The van der Waals surface area contributed by atoms with Crippen molar-refractivity contribution in [1.82, 2.24) is 9.55 Å². The highest BCUT2D eigenvalue weighted by Crippen LogP contribution is 2.58. The maximum absolute atomic E-state index is 14.9. The highest BCUT2D eigenvalue weighted by atomic mass is 31.3. The smallest absolute Gasteiger partial charge is 0.385 e. The number of alkyl halides is 1. The molecule has 0 saturated carbocycles. The summed E-state index contributed by atoms with van der Waals surface area (Å²) in [5, 5.41) is 19.8. The van der Waals surface area contributed by atoms with Crippen molar-refractivity contribution in [1.29, 1.82) is 0 Å². The van der Waals surface area contributed by atoms with Gasteiger partial charge >= 0.3 is 21.3 Å². The number of halogens is 1. The van der Waals surface area contributed by atoms with E-state index in [4.69, 9.17) is 16.1 Å². The number of hydrogen-bond donors (Lipinski definition) is 6. The van der Waals surface area contributed by atoms with Crippen molar-refractivity contribution in [2.45, 2.75) is 24.3 Å². The number of aromatic nitrogens is 2. The molecule has 0 spiro atoms. The Labute approximate surface area is 154 Å². The van der Waals surface area contributed by atoms with Gasteiger partial charge < -0.3 is 29.6 Å². The summed E-state index contributed by atoms with van der Waals surface area (Å²) in [6.45, 7) is -1.81. The molecule has 0 aliphatic carbocycles. The lowest BCUT2D eigenvalue weighted by Gasteiger charge is -2.23. The monoisotopic (exact) mass is 451 g/mol. The van der Waals surface area contributed by atoms with Crippen molar-refractivity contribution in [3.8, 4) is 0 Å². The first-order valence-corrected chi connectivity index (χ1v) is 9.88. The van der Waals surface area contributed by atoms with E-state index in [2.05, 4.69) is 13.6 Å². The van der Waals surface area contributed by atoms with Gasteiger partial charge in [0.1, 0.15) is 18.8 Å². The van der Waals surface area contributed by atoms with Gasteiger partial charge in [0.15, 0.2) is 12.5 Å². The molecule has 0 amide bonds. The number of nitrogens with zero attached hydrogens (tertiary/aromatic N) is 1. The fourth-order valence-corrected chi connectivity index (χ4v) is 3.64. The molecule has 1 unspecified atom stereocenters. The van der Waals surface area contributed by atoms with Gasteiger partial charge in [0.2, 0.25) is 0 Å². The van der Waals surface area contributed by atoms with Crippen molar-refractivity contribution in [2.75, 3.05) is 6.61 Å². The van der Waals surface area contributed by atoms with Crippen LogP contribution in [0.1, 0.15) is 17.9 Å². The van der Waals surface area contributed by atoms with Gasteiger partial charge in [-0.3, -0.25) is 23.7 Å². The second-order valence-corrected chi connectivity index (χ2v) is 8.09.